The number of benzene rings is 2. The van der Waals surface area contributed by atoms with Crippen LogP contribution in [0.25, 0.3) is 0 Å². The summed E-state index contributed by atoms with van der Waals surface area (Å²) in [5.41, 5.74) is 5.79. The third-order valence-electron chi connectivity index (χ3n) is 6.03. The molecule has 0 radical (unpaired) electrons. The first-order chi connectivity index (χ1) is 19.4. The third kappa shape index (κ3) is 11.8. The summed E-state index contributed by atoms with van der Waals surface area (Å²) in [5.74, 6) is 0.375. The summed E-state index contributed by atoms with van der Waals surface area (Å²) >= 11 is 0. The Hall–Kier alpha value is -4.25. The molecule has 0 aliphatic carbocycles. The van der Waals surface area contributed by atoms with Crippen molar-refractivity contribution in [1.82, 2.24) is 16.1 Å². The zero-order chi connectivity index (χ0) is 30.5. The lowest BCUT2D eigenvalue weighted by Crippen LogP contribution is -2.48. The van der Waals surface area contributed by atoms with Gasteiger partial charge in [-0.15, -0.1) is 13.2 Å². The molecule has 0 spiro atoms. The zero-order valence-electron chi connectivity index (χ0n) is 23.8. The maximum absolute atomic E-state index is 12.4. The van der Waals surface area contributed by atoms with E-state index >= 15 is 0 Å². The van der Waals surface area contributed by atoms with E-state index < -0.39 is 11.9 Å². The van der Waals surface area contributed by atoms with E-state index in [1.807, 2.05) is 38.1 Å². The fourth-order valence-electron chi connectivity index (χ4n) is 3.70. The summed E-state index contributed by atoms with van der Waals surface area (Å²) < 4.78 is 46.3. The van der Waals surface area contributed by atoms with E-state index in [4.69, 9.17) is 10.1 Å². The number of rotatable bonds is 15. The number of alkyl halides is 3. The number of aryl methyl sites for hydroxylation is 1. The molecule has 0 atom stereocenters. The number of hydrazine groups is 1. The van der Waals surface area contributed by atoms with E-state index in [1.54, 1.807) is 32.3 Å². The van der Waals surface area contributed by atoms with Crippen molar-refractivity contribution in [3.05, 3.63) is 95.9 Å². The summed E-state index contributed by atoms with van der Waals surface area (Å²) in [5, 5.41) is 14.8. The van der Waals surface area contributed by atoms with Gasteiger partial charge >= 0.3 is 12.4 Å². The lowest BCUT2D eigenvalue weighted by Gasteiger charge is -2.33. The van der Waals surface area contributed by atoms with Crippen molar-refractivity contribution < 1.29 is 27.4 Å². The molecule has 0 unspecified atom stereocenters. The molecule has 0 bridgehead atoms. The monoisotopic (exact) mass is 573 g/mol. The summed E-state index contributed by atoms with van der Waals surface area (Å²) in [4.78, 5) is 12.1. The van der Waals surface area contributed by atoms with Gasteiger partial charge in [0.25, 0.3) is 0 Å². The van der Waals surface area contributed by atoms with Crippen LogP contribution in [0.1, 0.15) is 44.7 Å². The van der Waals surface area contributed by atoms with E-state index in [0.717, 1.165) is 36.7 Å². The highest BCUT2D eigenvalue weighted by atomic mass is 19.4. The molecule has 222 valence electrons. The van der Waals surface area contributed by atoms with E-state index in [2.05, 4.69) is 27.4 Å². The van der Waals surface area contributed by atoms with Crippen LogP contribution in [0, 0.1) is 5.41 Å². The Kier molecular flexibility index (Phi) is 12.5. The molecule has 0 saturated carbocycles. The molecule has 11 heteroatoms. The third-order valence-corrected chi connectivity index (χ3v) is 6.03. The molecule has 2 aromatic carbocycles. The van der Waals surface area contributed by atoms with Crippen molar-refractivity contribution in [3.8, 4) is 5.75 Å². The Morgan fingerprint density at radius 2 is 1.71 bits per heavy atom. The number of nitrogens with one attached hydrogen (secondary N) is 4. The average Bonchev–Trinajstić information content (AvgIpc) is 2.93. The first-order valence-corrected chi connectivity index (χ1v) is 13.0. The van der Waals surface area contributed by atoms with Crippen LogP contribution in [-0.4, -0.2) is 32.4 Å². The molecule has 0 aliphatic heterocycles. The van der Waals surface area contributed by atoms with Gasteiger partial charge in [-0.1, -0.05) is 30.8 Å². The van der Waals surface area contributed by atoms with E-state index in [1.165, 1.54) is 29.3 Å². The van der Waals surface area contributed by atoms with Gasteiger partial charge in [0.1, 0.15) is 12.1 Å². The molecule has 4 N–H and O–H groups in total. The normalized spacial score (nSPS) is 12.4. The topological polar surface area (TPSA) is 98.7 Å². The molecule has 0 aromatic heterocycles. The molecule has 41 heavy (non-hydrogen) atoms. The molecular weight excluding hydrogens is 535 g/mol. The van der Waals surface area contributed by atoms with Crippen molar-refractivity contribution >= 4 is 18.1 Å². The first-order valence-electron chi connectivity index (χ1n) is 13.0. The number of halogens is 3. The number of amides is 2. The van der Waals surface area contributed by atoms with Crippen LogP contribution >= 0.6 is 0 Å². The van der Waals surface area contributed by atoms with Crippen LogP contribution in [0.2, 0.25) is 0 Å². The standard InChI is InChI=1S/C30H38F3N5O3/c1-6-25(15-10-22(2)40-5)36-28(39)35-20-8-7-9-23-11-13-24(14-12-23)29(3,4)37-38(21-34)26-16-18-27(19-17-26)41-30(31,32)33/h6,10-19,21,34,37H,1,7-9,20H2,2-5H3,(H2,35,36,39)/b22-10+,25-15+,34-21?. The van der Waals surface area contributed by atoms with Gasteiger partial charge in [-0.25, -0.2) is 10.2 Å². The van der Waals surface area contributed by atoms with Crippen molar-refractivity contribution in [1.29, 1.82) is 5.41 Å². The Morgan fingerprint density at radius 1 is 1.05 bits per heavy atom. The molecule has 0 aliphatic rings. The number of hydrogen-bond donors (Lipinski definition) is 4. The van der Waals surface area contributed by atoms with Gasteiger partial charge in [0.05, 0.1) is 24.1 Å². The number of allylic oxidation sites excluding steroid dienone is 4. The van der Waals surface area contributed by atoms with Crippen molar-refractivity contribution in [2.75, 3.05) is 18.7 Å². The molecule has 2 amide bonds. The minimum absolute atomic E-state index is 0.303. The molecule has 0 saturated heterocycles. The van der Waals surface area contributed by atoms with Gasteiger partial charge in [-0.05, 0) is 93.7 Å². The SMILES string of the molecule is C=C/C(=C\C=C(/C)OC)NC(=O)NCCCCc1ccc(C(C)(C)NN(C=N)c2ccc(OC(F)(F)F)cc2)cc1. The molecule has 0 heterocycles. The maximum atomic E-state index is 12.4. The van der Waals surface area contributed by atoms with Crippen LogP contribution in [0.4, 0.5) is 23.7 Å². The smallest absolute Gasteiger partial charge is 0.501 e. The molecule has 0 fully saturated rings. The van der Waals surface area contributed by atoms with Crippen LogP contribution in [0.15, 0.2) is 84.8 Å². The van der Waals surface area contributed by atoms with Gasteiger partial charge in [0, 0.05) is 12.2 Å². The Morgan fingerprint density at radius 3 is 2.27 bits per heavy atom. The largest absolute Gasteiger partial charge is 0.573 e. The van der Waals surface area contributed by atoms with E-state index in [9.17, 15) is 18.0 Å². The number of carbonyl (C=O) groups is 1. The highest BCUT2D eigenvalue weighted by molar-refractivity contribution is 5.76. The number of hydrogen-bond acceptors (Lipinski definition) is 5. The van der Waals surface area contributed by atoms with Gasteiger partial charge in [0.2, 0.25) is 0 Å². The number of ether oxygens (including phenoxy) is 2. The Labute approximate surface area is 239 Å². The van der Waals surface area contributed by atoms with E-state index in [-0.39, 0.29) is 11.8 Å². The summed E-state index contributed by atoms with van der Waals surface area (Å²) in [6.45, 7) is 9.92. The number of unbranched alkanes of at least 4 members (excludes halogenated alkanes) is 1. The number of anilines is 1. The number of carbonyl (C=O) groups excluding carboxylic acids is 1. The van der Waals surface area contributed by atoms with Crippen molar-refractivity contribution in [3.63, 3.8) is 0 Å². The van der Waals surface area contributed by atoms with Gasteiger partial charge in [0.15, 0.2) is 0 Å². The Balaban J connectivity index is 1.84. The molecule has 2 aromatic rings. The molecule has 2 rings (SSSR count). The number of urea groups is 1. The molecular formula is C30H38F3N5O3. The maximum Gasteiger partial charge on any atom is 0.573 e. The minimum atomic E-state index is -4.77. The van der Waals surface area contributed by atoms with Crippen LogP contribution in [0.3, 0.4) is 0 Å². The predicted octanol–water partition coefficient (Wildman–Crippen LogP) is 6.68. The van der Waals surface area contributed by atoms with Gasteiger partial charge in [-0.2, -0.15) is 0 Å². The Bertz CT molecular complexity index is 1210. The van der Waals surface area contributed by atoms with Crippen LogP contribution in [0.5, 0.6) is 5.75 Å². The van der Waals surface area contributed by atoms with Crippen molar-refractivity contribution in [2.24, 2.45) is 0 Å². The number of methoxy groups -OCH3 is 1. The van der Waals surface area contributed by atoms with Gasteiger partial charge in [-0.3, -0.25) is 10.4 Å². The van der Waals surface area contributed by atoms with Crippen LogP contribution in [-0.2, 0) is 16.7 Å². The summed E-state index contributed by atoms with van der Waals surface area (Å²) in [6, 6.07) is 13.0. The number of nitrogens with zero attached hydrogens (tertiary/aromatic N) is 1. The van der Waals surface area contributed by atoms with Crippen molar-refractivity contribution in [2.45, 2.75) is 51.9 Å². The second kappa shape index (κ2) is 15.5. The second-order valence-electron chi connectivity index (χ2n) is 9.62. The van der Waals surface area contributed by atoms with Crippen LogP contribution < -0.4 is 25.8 Å². The van der Waals surface area contributed by atoms with Gasteiger partial charge < -0.3 is 20.1 Å². The highest BCUT2D eigenvalue weighted by Gasteiger charge is 2.31. The fourth-order valence-corrected chi connectivity index (χ4v) is 3.70. The quantitative estimate of drug-likeness (QED) is 0.0476. The fraction of sp³-hybridized carbons (Fsp3) is 0.333. The summed E-state index contributed by atoms with van der Waals surface area (Å²) in [6.07, 6.45) is 3.82. The van der Waals surface area contributed by atoms with E-state index in [0.29, 0.717) is 23.7 Å². The first kappa shape index (κ1) is 33.0. The predicted molar refractivity (Wildman–Crippen MR) is 156 cm³/mol. The second-order valence-corrected chi connectivity index (χ2v) is 9.62. The minimum Gasteiger partial charge on any atom is -0.501 e. The lowest BCUT2D eigenvalue weighted by molar-refractivity contribution is -0.274. The average molecular weight is 574 g/mol. The zero-order valence-corrected chi connectivity index (χ0v) is 23.8. The highest BCUT2D eigenvalue weighted by Crippen LogP contribution is 2.27. The summed E-state index contributed by atoms with van der Waals surface area (Å²) in [7, 11) is 1.57. The lowest BCUT2D eigenvalue weighted by atomic mass is 9.93. The molecule has 8 nitrogen and oxygen atoms in total.